The van der Waals surface area contributed by atoms with E-state index < -0.39 is 24.5 Å². The molecule has 2 aromatic carbocycles. The quantitative estimate of drug-likeness (QED) is 0.622. The fourth-order valence-electron chi connectivity index (χ4n) is 4.15. The molecule has 168 valence electrons. The van der Waals surface area contributed by atoms with Gasteiger partial charge in [0.15, 0.2) is 0 Å². The van der Waals surface area contributed by atoms with Crippen LogP contribution in [0.5, 0.6) is 0 Å². The van der Waals surface area contributed by atoms with E-state index in [1.807, 2.05) is 0 Å². The number of nitrogens with zero attached hydrogens (tertiary/aromatic N) is 2. The number of carbonyl (C=O) groups is 1. The van der Waals surface area contributed by atoms with Crippen LogP contribution in [0, 0.1) is 0 Å². The lowest BCUT2D eigenvalue weighted by atomic mass is 10.0. The number of nitrogens with one attached hydrogen (secondary N) is 1. The SMILES string of the molecule is O=C(N[C@H](CC(F)(F)F)c1ccccc1)c1ccc2c(=O)n3c(nc2c1)CCCCCC3. The molecular weight excluding hydrogens is 419 g/mol. The third kappa shape index (κ3) is 5.00. The lowest BCUT2D eigenvalue weighted by Gasteiger charge is -2.21. The number of benzene rings is 2. The molecule has 1 atom stereocenters. The standard InChI is InChI=1S/C24H24F3N3O2/c25-24(26,27)15-20(16-8-4-3-5-9-16)29-22(31)17-11-12-18-19(14-17)28-21-10-6-1-2-7-13-30(21)23(18)32/h3-5,8-9,11-12,14,20H,1-2,6-7,10,13,15H2,(H,29,31)/t20-/m1/s1. The first kappa shape index (κ1) is 22.0. The summed E-state index contributed by atoms with van der Waals surface area (Å²) in [6.07, 6.45) is -0.925. The van der Waals surface area contributed by atoms with Gasteiger partial charge in [0.2, 0.25) is 0 Å². The third-order valence-electron chi connectivity index (χ3n) is 5.77. The van der Waals surface area contributed by atoms with Crippen molar-refractivity contribution < 1.29 is 18.0 Å². The first-order valence-corrected chi connectivity index (χ1v) is 10.8. The molecule has 1 aromatic heterocycles. The van der Waals surface area contributed by atoms with Crippen molar-refractivity contribution in [1.82, 2.24) is 14.9 Å². The zero-order valence-corrected chi connectivity index (χ0v) is 17.5. The Labute approximate surface area is 183 Å². The second-order valence-electron chi connectivity index (χ2n) is 8.14. The highest BCUT2D eigenvalue weighted by Crippen LogP contribution is 2.30. The van der Waals surface area contributed by atoms with Crippen LogP contribution in [0.3, 0.4) is 0 Å². The summed E-state index contributed by atoms with van der Waals surface area (Å²) >= 11 is 0. The van der Waals surface area contributed by atoms with Gasteiger partial charge in [-0.25, -0.2) is 4.98 Å². The number of carbonyl (C=O) groups excluding carboxylic acids is 1. The molecule has 3 aromatic rings. The molecule has 0 bridgehead atoms. The maximum absolute atomic E-state index is 13.1. The first-order chi connectivity index (χ1) is 15.3. The topological polar surface area (TPSA) is 64.0 Å². The van der Waals surface area contributed by atoms with E-state index in [4.69, 9.17) is 0 Å². The molecule has 0 fully saturated rings. The molecule has 1 aliphatic heterocycles. The molecule has 0 spiro atoms. The number of alkyl halides is 3. The van der Waals surface area contributed by atoms with Crippen molar-refractivity contribution in [3.8, 4) is 0 Å². The van der Waals surface area contributed by atoms with Crippen LogP contribution in [0.25, 0.3) is 10.9 Å². The minimum Gasteiger partial charge on any atom is -0.345 e. The smallest absolute Gasteiger partial charge is 0.345 e. The zero-order valence-electron chi connectivity index (χ0n) is 17.5. The summed E-state index contributed by atoms with van der Waals surface area (Å²) < 4.78 is 41.1. The summed E-state index contributed by atoms with van der Waals surface area (Å²) in [7, 11) is 0. The minimum atomic E-state index is -4.44. The van der Waals surface area contributed by atoms with Crippen LogP contribution in [0.15, 0.2) is 53.3 Å². The number of fused-ring (bicyclic) bond motifs is 2. The van der Waals surface area contributed by atoms with E-state index in [0.717, 1.165) is 25.7 Å². The lowest BCUT2D eigenvalue weighted by Crippen LogP contribution is -2.32. The maximum Gasteiger partial charge on any atom is 0.391 e. The van der Waals surface area contributed by atoms with E-state index in [0.29, 0.717) is 35.3 Å². The van der Waals surface area contributed by atoms with Crippen LogP contribution in [0.1, 0.15) is 59.9 Å². The van der Waals surface area contributed by atoms with E-state index in [-0.39, 0.29) is 11.1 Å². The molecular formula is C24H24F3N3O2. The molecule has 5 nitrogen and oxygen atoms in total. The number of rotatable bonds is 4. The summed E-state index contributed by atoms with van der Waals surface area (Å²) in [5.41, 5.74) is 0.791. The average Bonchev–Trinajstić information content (AvgIpc) is 2.74. The molecule has 1 aliphatic rings. The number of hydrogen-bond acceptors (Lipinski definition) is 3. The van der Waals surface area contributed by atoms with E-state index >= 15 is 0 Å². The molecule has 0 saturated heterocycles. The Bertz CT molecular complexity index is 1170. The Balaban J connectivity index is 1.65. The van der Waals surface area contributed by atoms with Crippen molar-refractivity contribution in [3.63, 3.8) is 0 Å². The van der Waals surface area contributed by atoms with Gasteiger partial charge in [0, 0.05) is 18.5 Å². The molecule has 1 N–H and O–H groups in total. The fourth-order valence-corrected chi connectivity index (χ4v) is 4.15. The molecule has 1 amide bonds. The van der Waals surface area contributed by atoms with Crippen molar-refractivity contribution in [2.75, 3.05) is 0 Å². The van der Waals surface area contributed by atoms with E-state index in [1.165, 1.54) is 18.2 Å². The zero-order chi connectivity index (χ0) is 22.7. The van der Waals surface area contributed by atoms with Crippen molar-refractivity contribution in [2.45, 2.75) is 57.3 Å². The highest BCUT2D eigenvalue weighted by molar-refractivity contribution is 5.97. The van der Waals surface area contributed by atoms with Gasteiger partial charge in [-0.05, 0) is 36.6 Å². The van der Waals surface area contributed by atoms with Crippen molar-refractivity contribution in [2.24, 2.45) is 0 Å². The first-order valence-electron chi connectivity index (χ1n) is 10.8. The number of amides is 1. The predicted molar refractivity (Wildman–Crippen MR) is 115 cm³/mol. The second kappa shape index (κ2) is 9.14. The number of aryl methyl sites for hydroxylation is 1. The fraction of sp³-hybridized carbons (Fsp3) is 0.375. The summed E-state index contributed by atoms with van der Waals surface area (Å²) in [6, 6.07) is 11.3. The molecule has 2 heterocycles. The predicted octanol–water partition coefficient (Wildman–Crippen LogP) is 4.94. The van der Waals surface area contributed by atoms with E-state index in [1.54, 1.807) is 34.9 Å². The van der Waals surface area contributed by atoms with E-state index in [9.17, 15) is 22.8 Å². The van der Waals surface area contributed by atoms with Crippen molar-refractivity contribution in [3.05, 3.63) is 75.8 Å². The Morgan fingerprint density at radius 2 is 1.81 bits per heavy atom. The van der Waals surface area contributed by atoms with Crippen LogP contribution >= 0.6 is 0 Å². The average molecular weight is 443 g/mol. The van der Waals surface area contributed by atoms with Crippen LogP contribution in [-0.2, 0) is 13.0 Å². The van der Waals surface area contributed by atoms with Gasteiger partial charge in [0.25, 0.3) is 11.5 Å². The van der Waals surface area contributed by atoms with Gasteiger partial charge in [0.05, 0.1) is 23.4 Å². The number of hydrogen-bond donors (Lipinski definition) is 1. The Kier molecular flexibility index (Phi) is 6.30. The van der Waals surface area contributed by atoms with Gasteiger partial charge in [-0.2, -0.15) is 13.2 Å². The maximum atomic E-state index is 13.1. The lowest BCUT2D eigenvalue weighted by molar-refractivity contribution is -0.139. The molecule has 0 radical (unpaired) electrons. The normalized spacial score (nSPS) is 15.5. The van der Waals surface area contributed by atoms with Crippen LogP contribution in [-0.4, -0.2) is 21.6 Å². The molecule has 0 saturated carbocycles. The van der Waals surface area contributed by atoms with Gasteiger partial charge in [0.1, 0.15) is 5.82 Å². The van der Waals surface area contributed by atoms with E-state index in [2.05, 4.69) is 10.3 Å². The second-order valence-corrected chi connectivity index (χ2v) is 8.14. The van der Waals surface area contributed by atoms with Crippen LogP contribution in [0.2, 0.25) is 0 Å². The minimum absolute atomic E-state index is 0.141. The van der Waals surface area contributed by atoms with Gasteiger partial charge in [-0.1, -0.05) is 43.2 Å². The monoisotopic (exact) mass is 443 g/mol. The van der Waals surface area contributed by atoms with Gasteiger partial charge in [-0.15, -0.1) is 0 Å². The Morgan fingerprint density at radius 1 is 1.06 bits per heavy atom. The van der Waals surface area contributed by atoms with Crippen LogP contribution < -0.4 is 10.9 Å². The Morgan fingerprint density at radius 3 is 2.56 bits per heavy atom. The molecule has 0 unspecified atom stereocenters. The summed E-state index contributed by atoms with van der Waals surface area (Å²) in [5, 5.41) is 2.90. The molecule has 8 heteroatoms. The third-order valence-corrected chi connectivity index (χ3v) is 5.77. The summed E-state index contributed by atoms with van der Waals surface area (Å²) in [5.74, 6) is 0.0534. The molecule has 32 heavy (non-hydrogen) atoms. The summed E-state index contributed by atoms with van der Waals surface area (Å²) in [4.78, 5) is 30.4. The largest absolute Gasteiger partial charge is 0.391 e. The highest BCUT2D eigenvalue weighted by atomic mass is 19.4. The van der Waals surface area contributed by atoms with Gasteiger partial charge >= 0.3 is 6.18 Å². The molecule has 4 rings (SSSR count). The summed E-state index contributed by atoms with van der Waals surface area (Å²) in [6.45, 7) is 0.621. The number of halogens is 3. The molecule has 0 aliphatic carbocycles. The van der Waals surface area contributed by atoms with Crippen molar-refractivity contribution >= 4 is 16.8 Å². The number of aromatic nitrogens is 2. The van der Waals surface area contributed by atoms with Crippen molar-refractivity contribution in [1.29, 1.82) is 0 Å². The van der Waals surface area contributed by atoms with Gasteiger partial charge in [-0.3, -0.25) is 14.2 Å². The highest BCUT2D eigenvalue weighted by Gasteiger charge is 2.33. The van der Waals surface area contributed by atoms with Gasteiger partial charge < -0.3 is 5.32 Å². The van der Waals surface area contributed by atoms with Crippen LogP contribution in [0.4, 0.5) is 13.2 Å². The Hall–Kier alpha value is -3.16.